The maximum atomic E-state index is 12.3. The number of nitrogens with one attached hydrogen (secondary N) is 3. The normalized spacial score (nSPS) is 12.1. The summed E-state index contributed by atoms with van der Waals surface area (Å²) in [5.41, 5.74) is 0. The fourth-order valence-electron chi connectivity index (χ4n) is 1.61. The van der Waals surface area contributed by atoms with Crippen LogP contribution in [0.15, 0.2) is 35.2 Å². The quantitative estimate of drug-likeness (QED) is 0.711. The van der Waals surface area contributed by atoms with E-state index < -0.39 is 33.9 Å². The van der Waals surface area contributed by atoms with Crippen LogP contribution in [-0.4, -0.2) is 36.1 Å². The number of hydrogen-bond acceptors (Lipinski definition) is 5. The number of aromatic amines is 1. The average molecular weight is 363 g/mol. The zero-order valence-electron chi connectivity index (χ0n) is 12.0. The van der Waals surface area contributed by atoms with Gasteiger partial charge in [0.25, 0.3) is 0 Å². The van der Waals surface area contributed by atoms with Gasteiger partial charge in [-0.3, -0.25) is 15.2 Å². The molecule has 3 N–H and O–H groups in total. The van der Waals surface area contributed by atoms with Crippen molar-refractivity contribution in [2.45, 2.75) is 17.5 Å². The molecule has 0 aliphatic heterocycles. The molecule has 24 heavy (non-hydrogen) atoms. The summed E-state index contributed by atoms with van der Waals surface area (Å²) in [7, 11) is -3.76. The van der Waals surface area contributed by atoms with Crippen molar-refractivity contribution in [3.63, 3.8) is 0 Å². The van der Waals surface area contributed by atoms with Gasteiger partial charge in [-0.25, -0.2) is 13.1 Å². The lowest BCUT2D eigenvalue weighted by Gasteiger charge is -2.06. The number of hydrogen-bond donors (Lipinski definition) is 3. The van der Waals surface area contributed by atoms with Crippen LogP contribution < -0.4 is 10.0 Å². The van der Waals surface area contributed by atoms with Gasteiger partial charge in [-0.05, 0) is 12.1 Å². The van der Waals surface area contributed by atoms with E-state index in [0.717, 1.165) is 0 Å². The van der Waals surface area contributed by atoms with Crippen LogP contribution in [0.1, 0.15) is 12.2 Å². The van der Waals surface area contributed by atoms with Gasteiger partial charge >= 0.3 is 6.18 Å². The molecule has 0 saturated heterocycles. The molecule has 0 aliphatic carbocycles. The minimum atomic E-state index is -4.71. The Morgan fingerprint density at radius 1 is 1.21 bits per heavy atom. The zero-order chi connectivity index (χ0) is 17.8. The smallest absolute Gasteiger partial charge is 0.293 e. The highest BCUT2D eigenvalue weighted by molar-refractivity contribution is 7.89. The van der Waals surface area contributed by atoms with Gasteiger partial charge in [-0.1, -0.05) is 18.2 Å². The van der Waals surface area contributed by atoms with E-state index in [1.54, 1.807) is 23.3 Å². The van der Waals surface area contributed by atoms with Gasteiger partial charge in [0.2, 0.25) is 27.7 Å². The summed E-state index contributed by atoms with van der Waals surface area (Å²) < 4.78 is 62.9. The summed E-state index contributed by atoms with van der Waals surface area (Å²) in [5.74, 6) is -2.63. The van der Waals surface area contributed by atoms with Crippen molar-refractivity contribution in [1.29, 1.82) is 0 Å². The summed E-state index contributed by atoms with van der Waals surface area (Å²) in [5, 5.41) is 6.87. The second-order valence-electron chi connectivity index (χ2n) is 4.51. The third-order valence-corrected chi connectivity index (χ3v) is 4.18. The van der Waals surface area contributed by atoms with E-state index in [4.69, 9.17) is 0 Å². The monoisotopic (exact) mass is 363 g/mol. The van der Waals surface area contributed by atoms with Gasteiger partial charge in [0, 0.05) is 13.0 Å². The predicted octanol–water partition coefficient (Wildman–Crippen LogP) is 1.13. The predicted molar refractivity (Wildman–Crippen MR) is 76.3 cm³/mol. The molecule has 1 amide bonds. The molecular weight excluding hydrogens is 351 g/mol. The number of halogens is 3. The number of H-pyrrole nitrogens is 1. The van der Waals surface area contributed by atoms with Gasteiger partial charge in [-0.2, -0.15) is 18.2 Å². The molecule has 0 radical (unpaired) electrons. The van der Waals surface area contributed by atoms with Crippen LogP contribution in [0.25, 0.3) is 0 Å². The summed E-state index contributed by atoms with van der Waals surface area (Å²) in [6.45, 7) is -0.236. The number of aromatic nitrogens is 3. The summed E-state index contributed by atoms with van der Waals surface area (Å²) in [6.07, 6.45) is -5.01. The van der Waals surface area contributed by atoms with Crippen LogP contribution >= 0.6 is 0 Å². The molecular formula is C12H12F3N5O3S. The van der Waals surface area contributed by atoms with Crippen LogP contribution in [0.5, 0.6) is 0 Å². The van der Waals surface area contributed by atoms with E-state index in [-0.39, 0.29) is 17.9 Å². The van der Waals surface area contributed by atoms with Crippen molar-refractivity contribution in [1.82, 2.24) is 19.9 Å². The standard InChI is InChI=1S/C12H12F3N5O3S/c13-12(14,15)10-18-11(20-19-10)17-9(21)6-7-16-24(22,23)8-4-2-1-3-5-8/h1-5,16H,6-7H2,(H2,17,18,19,20,21). The Labute approximate surface area is 134 Å². The minimum absolute atomic E-state index is 0.0363. The molecule has 1 heterocycles. The Balaban J connectivity index is 1.85. The summed E-state index contributed by atoms with van der Waals surface area (Å²) >= 11 is 0. The number of rotatable bonds is 6. The molecule has 0 unspecified atom stereocenters. The first-order valence-corrected chi connectivity index (χ1v) is 8.01. The van der Waals surface area contributed by atoms with Crippen LogP contribution in [0.3, 0.4) is 0 Å². The Hall–Kier alpha value is -2.47. The van der Waals surface area contributed by atoms with E-state index in [9.17, 15) is 26.4 Å². The molecule has 2 aromatic rings. The van der Waals surface area contributed by atoms with Crippen molar-refractivity contribution in [2.24, 2.45) is 0 Å². The topological polar surface area (TPSA) is 117 Å². The first-order valence-electron chi connectivity index (χ1n) is 6.52. The summed E-state index contributed by atoms with van der Waals surface area (Å²) in [4.78, 5) is 14.7. The second kappa shape index (κ2) is 6.97. The van der Waals surface area contributed by atoms with E-state index in [1.165, 1.54) is 12.1 Å². The third-order valence-electron chi connectivity index (χ3n) is 2.70. The lowest BCUT2D eigenvalue weighted by molar-refractivity contribution is -0.144. The Bertz CT molecular complexity index is 805. The molecule has 12 heteroatoms. The molecule has 0 atom stereocenters. The second-order valence-corrected chi connectivity index (χ2v) is 6.28. The minimum Gasteiger partial charge on any atom is -0.293 e. The largest absolute Gasteiger partial charge is 0.451 e. The molecule has 1 aromatic carbocycles. The fraction of sp³-hybridized carbons (Fsp3) is 0.250. The highest BCUT2D eigenvalue weighted by Crippen LogP contribution is 2.26. The number of carbonyl (C=O) groups is 1. The first-order chi connectivity index (χ1) is 11.2. The highest BCUT2D eigenvalue weighted by Gasteiger charge is 2.35. The lowest BCUT2D eigenvalue weighted by atomic mass is 10.4. The number of benzene rings is 1. The molecule has 0 spiro atoms. The van der Waals surface area contributed by atoms with Crippen LogP contribution in [0, 0.1) is 0 Å². The molecule has 1 aromatic heterocycles. The van der Waals surface area contributed by atoms with Crippen molar-refractivity contribution in [2.75, 3.05) is 11.9 Å². The van der Waals surface area contributed by atoms with Crippen LogP contribution in [-0.2, 0) is 21.0 Å². The molecule has 0 bridgehead atoms. The maximum Gasteiger partial charge on any atom is 0.451 e. The molecule has 0 aliphatic rings. The van der Waals surface area contributed by atoms with Crippen molar-refractivity contribution >= 4 is 21.9 Å². The van der Waals surface area contributed by atoms with Crippen LogP contribution in [0.4, 0.5) is 19.1 Å². The Kier molecular flexibility index (Phi) is 5.19. The number of nitrogens with zero attached hydrogens (tertiary/aromatic N) is 2. The number of amides is 1. The van der Waals surface area contributed by atoms with E-state index >= 15 is 0 Å². The molecule has 2 rings (SSSR count). The Morgan fingerprint density at radius 3 is 2.46 bits per heavy atom. The Morgan fingerprint density at radius 2 is 1.88 bits per heavy atom. The van der Waals surface area contributed by atoms with Crippen molar-refractivity contribution in [3.8, 4) is 0 Å². The first kappa shape index (κ1) is 17.9. The summed E-state index contributed by atoms with van der Waals surface area (Å²) in [6, 6.07) is 7.51. The maximum absolute atomic E-state index is 12.3. The highest BCUT2D eigenvalue weighted by atomic mass is 32.2. The number of carbonyl (C=O) groups excluding carboxylic acids is 1. The number of alkyl halides is 3. The fourth-order valence-corrected chi connectivity index (χ4v) is 2.67. The van der Waals surface area contributed by atoms with Crippen LogP contribution in [0.2, 0.25) is 0 Å². The van der Waals surface area contributed by atoms with Gasteiger partial charge in [0.05, 0.1) is 4.90 Å². The van der Waals surface area contributed by atoms with Crippen molar-refractivity contribution < 1.29 is 26.4 Å². The van der Waals surface area contributed by atoms with Crippen molar-refractivity contribution in [3.05, 3.63) is 36.2 Å². The molecule has 0 saturated carbocycles. The SMILES string of the molecule is O=C(CCNS(=O)(=O)c1ccccc1)Nc1n[nH]c(C(F)(F)F)n1. The van der Waals surface area contributed by atoms with Gasteiger partial charge < -0.3 is 0 Å². The third kappa shape index (κ3) is 4.76. The molecule has 8 nitrogen and oxygen atoms in total. The van der Waals surface area contributed by atoms with Gasteiger partial charge in [0.15, 0.2) is 0 Å². The lowest BCUT2D eigenvalue weighted by Crippen LogP contribution is -2.28. The van der Waals surface area contributed by atoms with E-state index in [0.29, 0.717) is 0 Å². The van der Waals surface area contributed by atoms with E-state index in [2.05, 4.69) is 14.8 Å². The average Bonchev–Trinajstić information content (AvgIpc) is 2.96. The zero-order valence-corrected chi connectivity index (χ0v) is 12.8. The van der Waals surface area contributed by atoms with Gasteiger partial charge in [0.1, 0.15) is 0 Å². The number of sulfonamides is 1. The number of anilines is 1. The van der Waals surface area contributed by atoms with Gasteiger partial charge in [-0.15, -0.1) is 5.10 Å². The van der Waals surface area contributed by atoms with E-state index in [1.807, 2.05) is 5.32 Å². The molecule has 0 fully saturated rings. The molecule has 130 valence electrons.